The average Bonchev–Trinajstić information content (AvgIpc) is 2.95. The number of aliphatic imine (C=N–C) groups is 1. The van der Waals surface area contributed by atoms with E-state index in [-0.39, 0.29) is 10.8 Å². The normalized spacial score (nSPS) is 18.2. The lowest BCUT2D eigenvalue weighted by molar-refractivity contribution is -0.134. The molecule has 34 heavy (non-hydrogen) atoms. The largest absolute Gasteiger partial charge is 0.325 e. The van der Waals surface area contributed by atoms with Crippen LogP contribution in [-0.4, -0.2) is 55.6 Å². The predicted molar refractivity (Wildman–Crippen MR) is 129 cm³/mol. The molecule has 0 spiro atoms. The molecule has 186 valence electrons. The zero-order valence-corrected chi connectivity index (χ0v) is 20.5. The van der Waals surface area contributed by atoms with Crippen molar-refractivity contribution in [2.45, 2.75) is 75.6 Å². The highest BCUT2D eigenvalue weighted by molar-refractivity contribution is 7.90. The van der Waals surface area contributed by atoms with Crippen LogP contribution < -0.4 is 15.4 Å². The van der Waals surface area contributed by atoms with E-state index in [9.17, 15) is 22.8 Å². The highest BCUT2D eigenvalue weighted by Gasteiger charge is 2.50. The molecule has 0 radical (unpaired) electrons. The lowest BCUT2D eigenvalue weighted by Crippen LogP contribution is -2.47. The van der Waals surface area contributed by atoms with Gasteiger partial charge in [0.05, 0.1) is 4.90 Å². The van der Waals surface area contributed by atoms with E-state index in [0.29, 0.717) is 37.3 Å². The standard InChI is InChI=1S/C23H33N5O5S/c1-3-13-23(14-4-2)21(30)28(22(31)26-23)16-20(29)25-17-9-11-18(12-10-17)34(32,33)27-19-8-6-5-7-15-24-19/h9-12H,3-8,13-16H2,1-2H3,(H,24,27)(H,25,29)(H,26,31). The minimum Gasteiger partial charge on any atom is -0.325 e. The SMILES string of the molecule is CCCC1(CCC)NC(=O)N(CC(=O)Nc2ccc(S(=O)(=O)NC3=NCCCCC3)cc2)C1=O. The second-order valence-electron chi connectivity index (χ2n) is 8.72. The Morgan fingerprint density at radius 2 is 1.76 bits per heavy atom. The first-order valence-corrected chi connectivity index (χ1v) is 13.3. The van der Waals surface area contributed by atoms with Crippen molar-refractivity contribution in [1.82, 2.24) is 14.9 Å². The van der Waals surface area contributed by atoms with E-state index in [1.165, 1.54) is 24.3 Å². The molecule has 2 heterocycles. The van der Waals surface area contributed by atoms with Crippen LogP contribution in [0.4, 0.5) is 10.5 Å². The number of rotatable bonds is 9. The van der Waals surface area contributed by atoms with Gasteiger partial charge in [-0.15, -0.1) is 0 Å². The van der Waals surface area contributed by atoms with Gasteiger partial charge in [0.2, 0.25) is 5.91 Å². The van der Waals surface area contributed by atoms with Crippen LogP contribution in [-0.2, 0) is 19.6 Å². The summed E-state index contributed by atoms with van der Waals surface area (Å²) in [6, 6.07) is 5.13. The summed E-state index contributed by atoms with van der Waals surface area (Å²) in [5.41, 5.74) is -0.595. The third-order valence-electron chi connectivity index (χ3n) is 5.98. The number of hydrogen-bond acceptors (Lipinski definition) is 6. The highest BCUT2D eigenvalue weighted by atomic mass is 32.2. The lowest BCUT2D eigenvalue weighted by Gasteiger charge is -2.25. The van der Waals surface area contributed by atoms with E-state index in [0.717, 1.165) is 37.0 Å². The Bertz CT molecular complexity index is 1050. The van der Waals surface area contributed by atoms with Crippen LogP contribution in [0.5, 0.6) is 0 Å². The van der Waals surface area contributed by atoms with Crippen LogP contribution >= 0.6 is 0 Å². The monoisotopic (exact) mass is 491 g/mol. The van der Waals surface area contributed by atoms with E-state index < -0.39 is 34.0 Å². The molecule has 0 saturated carbocycles. The van der Waals surface area contributed by atoms with Gasteiger partial charge in [0.1, 0.15) is 17.9 Å². The first kappa shape index (κ1) is 25.7. The molecule has 2 aliphatic rings. The number of amides is 4. The maximum absolute atomic E-state index is 12.9. The Morgan fingerprint density at radius 1 is 1.09 bits per heavy atom. The Morgan fingerprint density at radius 3 is 2.41 bits per heavy atom. The van der Waals surface area contributed by atoms with Crippen molar-refractivity contribution < 1.29 is 22.8 Å². The number of hydrogen-bond donors (Lipinski definition) is 3. The molecular weight excluding hydrogens is 458 g/mol. The summed E-state index contributed by atoms with van der Waals surface area (Å²) in [4.78, 5) is 43.1. The summed E-state index contributed by atoms with van der Waals surface area (Å²) in [7, 11) is -3.78. The van der Waals surface area contributed by atoms with Gasteiger partial charge in [-0.3, -0.25) is 24.2 Å². The van der Waals surface area contributed by atoms with Gasteiger partial charge in [0.15, 0.2) is 0 Å². The number of urea groups is 1. The summed E-state index contributed by atoms with van der Waals surface area (Å²) >= 11 is 0. The minimum absolute atomic E-state index is 0.0514. The van der Waals surface area contributed by atoms with Gasteiger partial charge in [0, 0.05) is 18.7 Å². The molecule has 1 aromatic carbocycles. The molecule has 10 nitrogen and oxygen atoms in total. The maximum atomic E-state index is 12.9. The molecule has 0 aliphatic carbocycles. The van der Waals surface area contributed by atoms with Gasteiger partial charge >= 0.3 is 6.03 Å². The minimum atomic E-state index is -3.78. The fraction of sp³-hybridized carbons (Fsp3) is 0.565. The Hall–Kier alpha value is -2.95. The third-order valence-corrected chi connectivity index (χ3v) is 7.37. The third kappa shape index (κ3) is 5.94. The molecule has 1 saturated heterocycles. The van der Waals surface area contributed by atoms with Crippen molar-refractivity contribution in [3.05, 3.63) is 24.3 Å². The zero-order chi connectivity index (χ0) is 24.8. The molecule has 1 aromatic rings. The van der Waals surface area contributed by atoms with Crippen LogP contribution in [0.3, 0.4) is 0 Å². The fourth-order valence-electron chi connectivity index (χ4n) is 4.37. The van der Waals surface area contributed by atoms with Crippen LogP contribution in [0, 0.1) is 0 Å². The van der Waals surface area contributed by atoms with Gasteiger partial charge in [-0.05, 0) is 49.9 Å². The van der Waals surface area contributed by atoms with Crippen molar-refractivity contribution in [2.24, 2.45) is 4.99 Å². The van der Waals surface area contributed by atoms with Gasteiger partial charge in [-0.2, -0.15) is 0 Å². The van der Waals surface area contributed by atoms with Crippen molar-refractivity contribution in [1.29, 1.82) is 0 Å². The van der Waals surface area contributed by atoms with Crippen LogP contribution in [0.15, 0.2) is 34.2 Å². The van der Waals surface area contributed by atoms with E-state index in [4.69, 9.17) is 0 Å². The van der Waals surface area contributed by atoms with Gasteiger partial charge in [-0.25, -0.2) is 13.2 Å². The van der Waals surface area contributed by atoms with Gasteiger partial charge in [0.25, 0.3) is 15.9 Å². The van der Waals surface area contributed by atoms with E-state index in [2.05, 4.69) is 20.3 Å². The topological polar surface area (TPSA) is 137 Å². The van der Waals surface area contributed by atoms with Crippen molar-refractivity contribution >= 4 is 39.4 Å². The van der Waals surface area contributed by atoms with E-state index in [1.54, 1.807) is 0 Å². The molecule has 0 unspecified atom stereocenters. The summed E-state index contributed by atoms with van der Waals surface area (Å²) in [5.74, 6) is -0.468. The highest BCUT2D eigenvalue weighted by Crippen LogP contribution is 2.28. The van der Waals surface area contributed by atoms with Crippen LogP contribution in [0.25, 0.3) is 0 Å². The number of benzene rings is 1. The Kier molecular flexibility index (Phi) is 8.29. The molecule has 0 aromatic heterocycles. The number of nitrogens with zero attached hydrogens (tertiary/aromatic N) is 2. The van der Waals surface area contributed by atoms with Crippen molar-refractivity contribution in [3.63, 3.8) is 0 Å². The molecule has 0 bridgehead atoms. The summed E-state index contributed by atoms with van der Waals surface area (Å²) < 4.78 is 27.8. The quantitative estimate of drug-likeness (QED) is 0.456. The molecule has 11 heteroatoms. The average molecular weight is 492 g/mol. The number of amidine groups is 1. The number of imide groups is 1. The first-order chi connectivity index (χ1) is 16.2. The number of sulfonamides is 1. The van der Waals surface area contributed by atoms with Crippen LogP contribution in [0.2, 0.25) is 0 Å². The molecule has 3 rings (SSSR count). The molecule has 2 aliphatic heterocycles. The zero-order valence-electron chi connectivity index (χ0n) is 19.7. The molecule has 0 atom stereocenters. The molecule has 3 N–H and O–H groups in total. The van der Waals surface area contributed by atoms with E-state index >= 15 is 0 Å². The van der Waals surface area contributed by atoms with E-state index in [1.807, 2.05) is 13.8 Å². The number of anilines is 1. The van der Waals surface area contributed by atoms with Gasteiger partial charge < -0.3 is 10.6 Å². The smallest absolute Gasteiger partial charge is 0.325 e. The number of carbonyl (C=O) groups is 3. The lowest BCUT2D eigenvalue weighted by atomic mass is 9.88. The molecular formula is C23H33N5O5S. The van der Waals surface area contributed by atoms with Crippen molar-refractivity contribution in [2.75, 3.05) is 18.4 Å². The summed E-state index contributed by atoms with van der Waals surface area (Å²) in [6.07, 6.45) is 5.93. The maximum Gasteiger partial charge on any atom is 0.325 e. The Labute approximate surface area is 200 Å². The fourth-order valence-corrected chi connectivity index (χ4v) is 5.46. The second-order valence-corrected chi connectivity index (χ2v) is 10.4. The predicted octanol–water partition coefficient (Wildman–Crippen LogP) is 2.77. The molecule has 4 amide bonds. The van der Waals surface area contributed by atoms with Gasteiger partial charge in [-0.1, -0.05) is 33.1 Å². The summed E-state index contributed by atoms with van der Waals surface area (Å²) in [6.45, 7) is 4.07. The number of nitrogens with one attached hydrogen (secondary N) is 3. The first-order valence-electron chi connectivity index (χ1n) is 11.8. The molecule has 1 fully saturated rings. The number of carbonyl (C=O) groups excluding carboxylic acids is 3. The van der Waals surface area contributed by atoms with Crippen molar-refractivity contribution in [3.8, 4) is 0 Å². The Balaban J connectivity index is 1.62. The van der Waals surface area contributed by atoms with Crippen LogP contribution in [0.1, 0.15) is 65.2 Å². The summed E-state index contributed by atoms with van der Waals surface area (Å²) in [5, 5.41) is 5.39. The second kappa shape index (κ2) is 11.0.